The molecule has 3 aromatic heterocycles. The Bertz CT molecular complexity index is 1150. The first-order chi connectivity index (χ1) is 14.3. The molecule has 0 unspecified atom stereocenters. The maximum atomic E-state index is 13.1. The molecule has 8 heteroatoms. The van der Waals surface area contributed by atoms with Crippen LogP contribution in [0.2, 0.25) is 0 Å². The van der Waals surface area contributed by atoms with Crippen LogP contribution in [0.25, 0.3) is 16.9 Å². The average Bonchev–Trinajstić information content (AvgIpc) is 3.28. The first-order valence-electron chi connectivity index (χ1n) is 9.49. The second kappa shape index (κ2) is 7.31. The molecule has 29 heavy (non-hydrogen) atoms. The number of amides is 1. The Balaban J connectivity index is 1.31. The second-order valence-corrected chi connectivity index (χ2v) is 6.91. The Morgan fingerprint density at radius 3 is 2.62 bits per heavy atom. The fraction of sp³-hybridized carbons (Fsp3) is 0.190. The zero-order valence-corrected chi connectivity index (χ0v) is 15.7. The summed E-state index contributed by atoms with van der Waals surface area (Å²) in [5.74, 6) is 1.62. The van der Waals surface area contributed by atoms with E-state index in [9.17, 15) is 4.79 Å². The fourth-order valence-electron chi connectivity index (χ4n) is 3.67. The molecule has 0 bridgehead atoms. The van der Waals surface area contributed by atoms with E-state index in [1.807, 2.05) is 58.0 Å². The molecule has 0 saturated carbocycles. The molecule has 8 nitrogen and oxygen atoms in total. The molecular weight excluding hydrogens is 366 g/mol. The van der Waals surface area contributed by atoms with Crippen molar-refractivity contribution >= 4 is 17.5 Å². The summed E-state index contributed by atoms with van der Waals surface area (Å²) in [5, 5.41) is 7.92. The lowest BCUT2D eigenvalue weighted by Crippen LogP contribution is -2.49. The van der Waals surface area contributed by atoms with Crippen LogP contribution in [0.3, 0.4) is 0 Å². The Morgan fingerprint density at radius 2 is 1.79 bits per heavy atom. The van der Waals surface area contributed by atoms with Crippen LogP contribution in [0.1, 0.15) is 10.4 Å². The first kappa shape index (κ1) is 17.3. The number of pyridine rings is 1. The third kappa shape index (κ3) is 3.29. The minimum absolute atomic E-state index is 0.0552. The molecular formula is C21H19N7O. The van der Waals surface area contributed by atoms with Gasteiger partial charge in [-0.05, 0) is 29.8 Å². The molecule has 4 heterocycles. The molecule has 0 radical (unpaired) electrons. The summed E-state index contributed by atoms with van der Waals surface area (Å²) >= 11 is 0. The normalized spacial score (nSPS) is 14.3. The van der Waals surface area contributed by atoms with Crippen molar-refractivity contribution in [3.05, 3.63) is 72.9 Å². The number of rotatable bonds is 3. The molecule has 1 amide bonds. The molecule has 0 spiro atoms. The second-order valence-electron chi connectivity index (χ2n) is 6.91. The van der Waals surface area contributed by atoms with E-state index in [0.29, 0.717) is 24.4 Å². The van der Waals surface area contributed by atoms with Crippen molar-refractivity contribution < 1.29 is 4.79 Å². The Kier molecular flexibility index (Phi) is 4.36. The number of hydrogen-bond acceptors (Lipinski definition) is 6. The summed E-state index contributed by atoms with van der Waals surface area (Å²) in [6.45, 7) is 2.79. The third-order valence-corrected chi connectivity index (χ3v) is 5.19. The van der Waals surface area contributed by atoms with Gasteiger partial charge in [0.2, 0.25) is 0 Å². The monoisotopic (exact) mass is 385 g/mol. The quantitative estimate of drug-likeness (QED) is 0.538. The van der Waals surface area contributed by atoms with E-state index in [-0.39, 0.29) is 5.91 Å². The van der Waals surface area contributed by atoms with E-state index in [1.54, 1.807) is 18.7 Å². The zero-order valence-electron chi connectivity index (χ0n) is 15.7. The van der Waals surface area contributed by atoms with Gasteiger partial charge in [0.1, 0.15) is 12.1 Å². The van der Waals surface area contributed by atoms with Crippen LogP contribution in [-0.4, -0.2) is 61.6 Å². The van der Waals surface area contributed by atoms with Crippen LogP contribution < -0.4 is 4.90 Å². The number of benzene rings is 1. The van der Waals surface area contributed by atoms with E-state index in [4.69, 9.17) is 0 Å². The minimum atomic E-state index is 0.0552. The number of hydrogen-bond donors (Lipinski definition) is 0. The molecule has 144 valence electrons. The van der Waals surface area contributed by atoms with Crippen LogP contribution in [-0.2, 0) is 0 Å². The molecule has 5 rings (SSSR count). The molecule has 1 fully saturated rings. The molecule has 1 aliphatic rings. The van der Waals surface area contributed by atoms with Crippen LogP contribution in [0.4, 0.5) is 5.82 Å². The molecule has 0 atom stereocenters. The largest absolute Gasteiger partial charge is 0.354 e. The Hall–Kier alpha value is -3.81. The van der Waals surface area contributed by atoms with E-state index in [2.05, 4.69) is 25.1 Å². The number of anilines is 1. The van der Waals surface area contributed by atoms with E-state index >= 15 is 0 Å². The number of aromatic nitrogens is 5. The lowest BCUT2D eigenvalue weighted by molar-refractivity contribution is 0.0746. The number of fused-ring (bicyclic) bond motifs is 1. The number of carbonyl (C=O) groups excluding carboxylic acids is 1. The van der Waals surface area contributed by atoms with Crippen molar-refractivity contribution in [1.82, 2.24) is 29.5 Å². The van der Waals surface area contributed by atoms with Gasteiger partial charge in [0, 0.05) is 55.9 Å². The van der Waals surface area contributed by atoms with Gasteiger partial charge in [-0.2, -0.15) is 0 Å². The van der Waals surface area contributed by atoms with Crippen LogP contribution in [0.15, 0.2) is 67.4 Å². The SMILES string of the molecule is O=C(c1cccc(-c2cccnc2)c1)N1CCN(c2ccnc3nncn23)CC1. The predicted molar refractivity (Wildman–Crippen MR) is 109 cm³/mol. The first-order valence-corrected chi connectivity index (χ1v) is 9.49. The summed E-state index contributed by atoms with van der Waals surface area (Å²) in [6.07, 6.45) is 6.96. The van der Waals surface area contributed by atoms with Crippen LogP contribution in [0, 0.1) is 0 Å². The molecule has 1 aromatic carbocycles. The highest BCUT2D eigenvalue weighted by molar-refractivity contribution is 5.95. The van der Waals surface area contributed by atoms with Crippen molar-refractivity contribution in [1.29, 1.82) is 0 Å². The van der Waals surface area contributed by atoms with Gasteiger partial charge in [-0.25, -0.2) is 4.98 Å². The van der Waals surface area contributed by atoms with E-state index in [0.717, 1.165) is 30.0 Å². The summed E-state index contributed by atoms with van der Waals surface area (Å²) in [4.78, 5) is 25.6. The Labute approximate surface area is 167 Å². The predicted octanol–water partition coefficient (Wildman–Crippen LogP) is 2.15. The lowest BCUT2D eigenvalue weighted by atomic mass is 10.0. The number of carbonyl (C=O) groups is 1. The summed E-state index contributed by atoms with van der Waals surface area (Å²) in [7, 11) is 0. The summed E-state index contributed by atoms with van der Waals surface area (Å²) in [5.41, 5.74) is 2.70. The molecule has 4 aromatic rings. The zero-order chi connectivity index (χ0) is 19.6. The van der Waals surface area contributed by atoms with Gasteiger partial charge in [0.15, 0.2) is 0 Å². The van der Waals surface area contributed by atoms with Gasteiger partial charge in [0.05, 0.1) is 0 Å². The maximum absolute atomic E-state index is 13.1. The van der Waals surface area contributed by atoms with E-state index < -0.39 is 0 Å². The smallest absolute Gasteiger partial charge is 0.256 e. The van der Waals surface area contributed by atoms with Gasteiger partial charge >= 0.3 is 0 Å². The van der Waals surface area contributed by atoms with Gasteiger partial charge < -0.3 is 9.80 Å². The van der Waals surface area contributed by atoms with Gasteiger partial charge in [-0.15, -0.1) is 10.2 Å². The van der Waals surface area contributed by atoms with Gasteiger partial charge in [0.25, 0.3) is 11.7 Å². The Morgan fingerprint density at radius 1 is 0.931 bits per heavy atom. The average molecular weight is 385 g/mol. The lowest BCUT2D eigenvalue weighted by Gasteiger charge is -2.36. The standard InChI is InChI=1S/C21H19N7O/c29-20(17-4-1-3-16(13-17)18-5-2-7-22-14-18)27-11-9-26(10-12-27)19-6-8-23-21-25-24-15-28(19)21/h1-8,13-15H,9-12H2. The highest BCUT2D eigenvalue weighted by atomic mass is 16.2. The van der Waals surface area contributed by atoms with Crippen molar-refractivity contribution in [3.8, 4) is 11.1 Å². The molecule has 1 saturated heterocycles. The molecule has 1 aliphatic heterocycles. The topological polar surface area (TPSA) is 79.5 Å². The van der Waals surface area contributed by atoms with Crippen molar-refractivity contribution in [2.24, 2.45) is 0 Å². The number of nitrogens with zero attached hydrogens (tertiary/aromatic N) is 7. The summed E-state index contributed by atoms with van der Waals surface area (Å²) in [6, 6.07) is 13.6. The fourth-order valence-corrected chi connectivity index (χ4v) is 3.67. The van der Waals surface area contributed by atoms with Crippen molar-refractivity contribution in [2.75, 3.05) is 31.1 Å². The maximum Gasteiger partial charge on any atom is 0.256 e. The van der Waals surface area contributed by atoms with E-state index in [1.165, 1.54) is 0 Å². The highest BCUT2D eigenvalue weighted by Crippen LogP contribution is 2.21. The molecule has 0 aliphatic carbocycles. The van der Waals surface area contributed by atoms with Crippen LogP contribution >= 0.6 is 0 Å². The van der Waals surface area contributed by atoms with Gasteiger partial charge in [-0.3, -0.25) is 14.2 Å². The number of piperazine rings is 1. The van der Waals surface area contributed by atoms with Crippen molar-refractivity contribution in [2.45, 2.75) is 0 Å². The molecule has 0 N–H and O–H groups in total. The minimum Gasteiger partial charge on any atom is -0.354 e. The van der Waals surface area contributed by atoms with Crippen LogP contribution in [0.5, 0.6) is 0 Å². The highest BCUT2D eigenvalue weighted by Gasteiger charge is 2.23. The summed E-state index contributed by atoms with van der Waals surface area (Å²) < 4.78 is 1.87. The van der Waals surface area contributed by atoms with Crippen molar-refractivity contribution in [3.63, 3.8) is 0 Å². The third-order valence-electron chi connectivity index (χ3n) is 5.19. The van der Waals surface area contributed by atoms with Gasteiger partial charge in [-0.1, -0.05) is 18.2 Å².